The summed E-state index contributed by atoms with van der Waals surface area (Å²) < 4.78 is 5.81. The number of aliphatic hydroxyl groups is 1. The van der Waals surface area contributed by atoms with Gasteiger partial charge in [0.15, 0.2) is 6.10 Å². The molecule has 1 rings (SSSR count). The molecule has 2 N–H and O–H groups in total. The van der Waals surface area contributed by atoms with E-state index in [-0.39, 0.29) is 18.9 Å². The first-order valence-corrected chi connectivity index (χ1v) is 5.00. The number of ether oxygens (including phenoxy) is 1. The molecule has 0 saturated heterocycles. The lowest BCUT2D eigenvalue weighted by Crippen LogP contribution is -2.37. The minimum Gasteiger partial charge on any atom is -0.467 e. The number of aliphatic hydroxyl groups excluding tert-OH is 1. The summed E-state index contributed by atoms with van der Waals surface area (Å²) in [5.74, 6) is -1.06. The summed E-state index contributed by atoms with van der Waals surface area (Å²) in [5, 5.41) is 18.9. The molecule has 94 valence electrons. The second-order valence-corrected chi connectivity index (χ2v) is 3.26. The number of hydrogen-bond acceptors (Lipinski definition) is 6. The van der Waals surface area contributed by atoms with E-state index in [0.717, 1.165) is 7.11 Å². The Labute approximate surface area is 97.6 Å². The zero-order chi connectivity index (χ0) is 12.7. The van der Waals surface area contributed by atoms with Crippen LogP contribution < -0.4 is 5.32 Å². The molecular formula is C9H14N4O4. The number of nitrogens with one attached hydrogen (secondary N) is 1. The van der Waals surface area contributed by atoms with Crippen molar-refractivity contribution in [2.45, 2.75) is 19.1 Å². The Balaban J connectivity index is 2.19. The molecule has 8 heteroatoms. The van der Waals surface area contributed by atoms with Gasteiger partial charge < -0.3 is 15.2 Å². The fourth-order valence-electron chi connectivity index (χ4n) is 1.09. The SMILES string of the molecule is COC(=O)C(O)CNC(=O)CCn1ccnn1. The second kappa shape index (κ2) is 6.59. The van der Waals surface area contributed by atoms with Gasteiger partial charge in [-0.1, -0.05) is 5.21 Å². The lowest BCUT2D eigenvalue weighted by molar-refractivity contribution is -0.150. The van der Waals surface area contributed by atoms with Crippen LogP contribution in [0.25, 0.3) is 0 Å². The van der Waals surface area contributed by atoms with Crippen molar-refractivity contribution in [3.8, 4) is 0 Å². The minimum atomic E-state index is -1.34. The van der Waals surface area contributed by atoms with Crippen molar-refractivity contribution in [3.05, 3.63) is 12.4 Å². The first kappa shape index (κ1) is 13.1. The molecule has 0 fully saturated rings. The maximum atomic E-state index is 11.3. The molecule has 1 aromatic rings. The maximum Gasteiger partial charge on any atom is 0.336 e. The number of esters is 1. The Kier molecular flexibility index (Phi) is 5.08. The molecule has 0 aromatic carbocycles. The lowest BCUT2D eigenvalue weighted by Gasteiger charge is -2.09. The summed E-state index contributed by atoms with van der Waals surface area (Å²) in [6.07, 6.45) is 2.00. The van der Waals surface area contributed by atoms with E-state index in [1.807, 2.05) is 0 Å². The number of hydrogen-bond donors (Lipinski definition) is 2. The Bertz CT molecular complexity index is 365. The second-order valence-electron chi connectivity index (χ2n) is 3.26. The summed E-state index contributed by atoms with van der Waals surface area (Å²) >= 11 is 0. The molecule has 8 nitrogen and oxygen atoms in total. The van der Waals surface area contributed by atoms with Crippen LogP contribution in [0.5, 0.6) is 0 Å². The normalized spacial score (nSPS) is 11.9. The average molecular weight is 242 g/mol. The first-order valence-electron chi connectivity index (χ1n) is 5.00. The molecule has 1 unspecified atom stereocenters. The minimum absolute atomic E-state index is 0.164. The number of aromatic nitrogens is 3. The fourth-order valence-corrected chi connectivity index (χ4v) is 1.09. The number of methoxy groups -OCH3 is 1. The van der Waals surface area contributed by atoms with Crippen molar-refractivity contribution in [1.29, 1.82) is 0 Å². The molecule has 0 aliphatic heterocycles. The largest absolute Gasteiger partial charge is 0.467 e. The van der Waals surface area contributed by atoms with Crippen LogP contribution >= 0.6 is 0 Å². The van der Waals surface area contributed by atoms with E-state index in [1.54, 1.807) is 6.20 Å². The third kappa shape index (κ3) is 4.60. The van der Waals surface area contributed by atoms with Gasteiger partial charge >= 0.3 is 5.97 Å². The van der Waals surface area contributed by atoms with Gasteiger partial charge in [0.2, 0.25) is 5.91 Å². The maximum absolute atomic E-state index is 11.3. The monoisotopic (exact) mass is 242 g/mol. The van der Waals surface area contributed by atoms with Crippen molar-refractivity contribution < 1.29 is 19.4 Å². The summed E-state index contributed by atoms with van der Waals surface area (Å²) in [5.41, 5.74) is 0. The van der Waals surface area contributed by atoms with E-state index >= 15 is 0 Å². The Hall–Kier alpha value is -1.96. The molecule has 17 heavy (non-hydrogen) atoms. The fraction of sp³-hybridized carbons (Fsp3) is 0.556. The van der Waals surface area contributed by atoms with Crippen molar-refractivity contribution in [1.82, 2.24) is 20.3 Å². The predicted octanol–water partition coefficient (Wildman–Crippen LogP) is -1.68. The zero-order valence-electron chi connectivity index (χ0n) is 9.37. The van der Waals surface area contributed by atoms with Crippen molar-refractivity contribution in [3.63, 3.8) is 0 Å². The summed E-state index contributed by atoms with van der Waals surface area (Å²) in [6, 6.07) is 0. The van der Waals surface area contributed by atoms with Crippen LogP contribution in [0.1, 0.15) is 6.42 Å². The average Bonchev–Trinajstić information content (AvgIpc) is 2.85. The molecule has 0 spiro atoms. The van der Waals surface area contributed by atoms with Crippen LogP contribution in [0, 0.1) is 0 Å². The summed E-state index contributed by atoms with van der Waals surface area (Å²) in [7, 11) is 1.16. The number of rotatable bonds is 6. The number of nitrogens with zero attached hydrogens (tertiary/aromatic N) is 3. The highest BCUT2D eigenvalue weighted by Gasteiger charge is 2.15. The van der Waals surface area contributed by atoms with Crippen molar-refractivity contribution in [2.24, 2.45) is 0 Å². The van der Waals surface area contributed by atoms with E-state index in [2.05, 4.69) is 20.4 Å². The molecule has 1 atom stereocenters. The molecule has 1 aromatic heterocycles. The molecule has 1 amide bonds. The lowest BCUT2D eigenvalue weighted by atomic mass is 10.3. The standard InChI is InChI=1S/C9H14N4O4/c1-17-9(16)7(14)6-10-8(15)2-4-13-5-3-11-12-13/h3,5,7,14H,2,4,6H2,1H3,(H,10,15). The Morgan fingerprint density at radius 3 is 2.94 bits per heavy atom. The van der Waals surface area contributed by atoms with Gasteiger partial charge in [-0.05, 0) is 0 Å². The Morgan fingerprint density at radius 1 is 1.59 bits per heavy atom. The molecule has 1 heterocycles. The van der Waals surface area contributed by atoms with Crippen LogP contribution in [-0.4, -0.2) is 51.7 Å². The van der Waals surface area contributed by atoms with Crippen LogP contribution in [0.2, 0.25) is 0 Å². The zero-order valence-corrected chi connectivity index (χ0v) is 9.37. The third-order valence-corrected chi connectivity index (χ3v) is 2.01. The predicted molar refractivity (Wildman–Crippen MR) is 55.7 cm³/mol. The molecule has 0 aliphatic rings. The summed E-state index contributed by atoms with van der Waals surface area (Å²) in [4.78, 5) is 22.1. The van der Waals surface area contributed by atoms with Crippen LogP contribution in [0.4, 0.5) is 0 Å². The van der Waals surface area contributed by atoms with Gasteiger partial charge in [-0.3, -0.25) is 9.48 Å². The van der Waals surface area contributed by atoms with Crippen molar-refractivity contribution in [2.75, 3.05) is 13.7 Å². The number of aryl methyl sites for hydroxylation is 1. The third-order valence-electron chi connectivity index (χ3n) is 2.01. The molecule has 0 aliphatic carbocycles. The van der Waals surface area contributed by atoms with Gasteiger partial charge in [-0.25, -0.2) is 4.79 Å². The molecule has 0 saturated carbocycles. The van der Waals surface area contributed by atoms with E-state index in [0.29, 0.717) is 6.54 Å². The number of carbonyl (C=O) groups excluding carboxylic acids is 2. The number of amides is 1. The molecule has 0 bridgehead atoms. The van der Waals surface area contributed by atoms with E-state index < -0.39 is 12.1 Å². The Morgan fingerprint density at radius 2 is 2.35 bits per heavy atom. The topological polar surface area (TPSA) is 106 Å². The van der Waals surface area contributed by atoms with Gasteiger partial charge in [0.25, 0.3) is 0 Å². The highest BCUT2D eigenvalue weighted by atomic mass is 16.5. The highest BCUT2D eigenvalue weighted by molar-refractivity contribution is 5.78. The van der Waals surface area contributed by atoms with Crippen LogP contribution in [0.15, 0.2) is 12.4 Å². The smallest absolute Gasteiger partial charge is 0.336 e. The van der Waals surface area contributed by atoms with E-state index in [9.17, 15) is 14.7 Å². The van der Waals surface area contributed by atoms with Crippen LogP contribution in [0.3, 0.4) is 0 Å². The van der Waals surface area contributed by atoms with Crippen molar-refractivity contribution >= 4 is 11.9 Å². The molecule has 0 radical (unpaired) electrons. The van der Waals surface area contributed by atoms with Gasteiger partial charge in [-0.15, -0.1) is 5.10 Å². The van der Waals surface area contributed by atoms with Gasteiger partial charge in [0, 0.05) is 12.6 Å². The molecular weight excluding hydrogens is 228 g/mol. The van der Waals surface area contributed by atoms with E-state index in [1.165, 1.54) is 10.9 Å². The van der Waals surface area contributed by atoms with Crippen LogP contribution in [-0.2, 0) is 20.9 Å². The van der Waals surface area contributed by atoms with Gasteiger partial charge in [-0.2, -0.15) is 0 Å². The van der Waals surface area contributed by atoms with E-state index in [4.69, 9.17) is 0 Å². The van der Waals surface area contributed by atoms with Gasteiger partial charge in [0.05, 0.1) is 26.4 Å². The first-order chi connectivity index (χ1) is 8.13. The highest BCUT2D eigenvalue weighted by Crippen LogP contribution is 1.89. The quantitative estimate of drug-likeness (QED) is 0.577. The van der Waals surface area contributed by atoms with Gasteiger partial charge in [0.1, 0.15) is 0 Å². The summed E-state index contributed by atoms with van der Waals surface area (Å²) in [6.45, 7) is 0.225. The number of carbonyl (C=O) groups is 2.